The molecule has 1 aliphatic rings. The Bertz CT molecular complexity index is 814. The summed E-state index contributed by atoms with van der Waals surface area (Å²) in [6.07, 6.45) is 3.77. The molecule has 154 valence electrons. The molecule has 2 aromatic carbocycles. The van der Waals surface area contributed by atoms with Crippen LogP contribution >= 0.6 is 0 Å². The van der Waals surface area contributed by atoms with Gasteiger partial charge in [-0.05, 0) is 68.5 Å². The Morgan fingerprint density at radius 1 is 1.07 bits per heavy atom. The molecular weight excluding hydrogens is 362 g/mol. The molecular formula is C24H31N3O2. The zero-order valence-electron chi connectivity index (χ0n) is 17.3. The molecule has 2 aromatic rings. The molecule has 1 aliphatic carbocycles. The summed E-state index contributed by atoms with van der Waals surface area (Å²) in [5.74, 6) is 0.644. The van der Waals surface area contributed by atoms with Crippen LogP contribution < -0.4 is 11.1 Å². The van der Waals surface area contributed by atoms with Gasteiger partial charge in [0, 0.05) is 24.6 Å². The van der Waals surface area contributed by atoms with Crippen molar-refractivity contribution in [1.29, 1.82) is 0 Å². The summed E-state index contributed by atoms with van der Waals surface area (Å²) in [4.78, 5) is 26.0. The highest BCUT2D eigenvalue weighted by molar-refractivity contribution is 5.92. The van der Waals surface area contributed by atoms with Crippen LogP contribution in [0.1, 0.15) is 46.7 Å². The van der Waals surface area contributed by atoms with E-state index in [-0.39, 0.29) is 11.9 Å². The lowest BCUT2D eigenvalue weighted by molar-refractivity contribution is -0.121. The van der Waals surface area contributed by atoms with E-state index in [1.165, 1.54) is 18.4 Å². The van der Waals surface area contributed by atoms with Gasteiger partial charge in [0.05, 0.1) is 0 Å². The standard InChI is InChI=1S/C24H31N3O2/c1-27(2)21(14-17-8-10-20(11-9-17)24(25)29)16-26-23(28)15-22(19-12-13-19)18-6-4-3-5-7-18/h3-11,19,21-22H,12-16H2,1-2H3,(H2,25,29)(H,26,28)/t21-,22-/m0/s1. The molecule has 29 heavy (non-hydrogen) atoms. The van der Waals surface area contributed by atoms with Crippen molar-refractivity contribution < 1.29 is 9.59 Å². The Morgan fingerprint density at radius 2 is 1.72 bits per heavy atom. The first-order chi connectivity index (χ1) is 13.9. The molecule has 0 radical (unpaired) electrons. The first-order valence-corrected chi connectivity index (χ1v) is 10.3. The number of likely N-dealkylation sites (N-methyl/N-ethyl adjacent to an activating group) is 1. The van der Waals surface area contributed by atoms with Gasteiger partial charge < -0.3 is 16.0 Å². The van der Waals surface area contributed by atoms with E-state index in [2.05, 4.69) is 22.3 Å². The monoisotopic (exact) mass is 393 g/mol. The lowest BCUT2D eigenvalue weighted by Gasteiger charge is -2.25. The predicted molar refractivity (Wildman–Crippen MR) is 116 cm³/mol. The van der Waals surface area contributed by atoms with Gasteiger partial charge in [-0.2, -0.15) is 0 Å². The molecule has 0 saturated heterocycles. The molecule has 2 amide bonds. The van der Waals surface area contributed by atoms with Crippen LogP contribution in [0.2, 0.25) is 0 Å². The van der Waals surface area contributed by atoms with Crippen molar-refractivity contribution in [3.8, 4) is 0 Å². The van der Waals surface area contributed by atoms with E-state index in [1.807, 2.05) is 44.4 Å². The SMILES string of the molecule is CN(C)[C@H](CNC(=O)C[C@@H](c1ccccc1)C1CC1)Cc1ccc(C(N)=O)cc1. The average molecular weight is 394 g/mol. The summed E-state index contributed by atoms with van der Waals surface area (Å²) in [6, 6.07) is 17.9. The maximum atomic E-state index is 12.7. The molecule has 0 spiro atoms. The van der Waals surface area contributed by atoms with Crippen LogP contribution in [-0.4, -0.2) is 43.4 Å². The molecule has 1 saturated carbocycles. The molecule has 0 aromatic heterocycles. The van der Waals surface area contributed by atoms with Crippen molar-refractivity contribution in [2.75, 3.05) is 20.6 Å². The van der Waals surface area contributed by atoms with Crippen LogP contribution in [-0.2, 0) is 11.2 Å². The van der Waals surface area contributed by atoms with Crippen LogP contribution in [0.15, 0.2) is 54.6 Å². The minimum atomic E-state index is -0.420. The summed E-state index contributed by atoms with van der Waals surface area (Å²) < 4.78 is 0. The summed E-state index contributed by atoms with van der Waals surface area (Å²) in [7, 11) is 4.04. The van der Waals surface area contributed by atoms with Gasteiger partial charge in [0.25, 0.3) is 0 Å². The fraction of sp³-hybridized carbons (Fsp3) is 0.417. The normalized spacial score (nSPS) is 15.7. The van der Waals surface area contributed by atoms with E-state index in [4.69, 9.17) is 5.73 Å². The average Bonchev–Trinajstić information content (AvgIpc) is 3.55. The minimum Gasteiger partial charge on any atom is -0.366 e. The lowest BCUT2D eigenvalue weighted by Crippen LogP contribution is -2.42. The topological polar surface area (TPSA) is 75.4 Å². The van der Waals surface area contributed by atoms with Crippen LogP contribution in [0.5, 0.6) is 0 Å². The number of primary amides is 1. The predicted octanol–water partition coefficient (Wildman–Crippen LogP) is 2.96. The zero-order chi connectivity index (χ0) is 20.8. The number of hydrogen-bond donors (Lipinski definition) is 2. The summed E-state index contributed by atoms with van der Waals surface area (Å²) in [6.45, 7) is 0.593. The van der Waals surface area contributed by atoms with Crippen LogP contribution in [0.3, 0.4) is 0 Å². The quantitative estimate of drug-likeness (QED) is 0.652. The van der Waals surface area contributed by atoms with E-state index in [0.717, 1.165) is 12.0 Å². The Kier molecular flexibility index (Phi) is 7.04. The van der Waals surface area contributed by atoms with E-state index < -0.39 is 5.91 Å². The maximum absolute atomic E-state index is 12.7. The molecule has 0 unspecified atom stereocenters. The number of hydrogen-bond acceptors (Lipinski definition) is 3. The van der Waals surface area contributed by atoms with E-state index >= 15 is 0 Å². The number of benzene rings is 2. The van der Waals surface area contributed by atoms with Gasteiger partial charge in [-0.15, -0.1) is 0 Å². The second-order valence-electron chi connectivity index (χ2n) is 8.25. The third kappa shape index (κ3) is 6.16. The van der Waals surface area contributed by atoms with Crippen LogP contribution in [0.4, 0.5) is 0 Å². The number of amides is 2. The smallest absolute Gasteiger partial charge is 0.248 e. The van der Waals surface area contributed by atoms with E-state index in [0.29, 0.717) is 30.4 Å². The van der Waals surface area contributed by atoms with Crippen molar-refractivity contribution >= 4 is 11.8 Å². The summed E-state index contributed by atoms with van der Waals surface area (Å²) in [5, 5.41) is 3.14. The molecule has 2 atom stereocenters. The molecule has 3 rings (SSSR count). The van der Waals surface area contributed by atoms with Gasteiger partial charge in [-0.3, -0.25) is 9.59 Å². The number of rotatable bonds is 10. The Balaban J connectivity index is 1.55. The first kappa shape index (κ1) is 21.1. The Labute approximate surface area is 173 Å². The summed E-state index contributed by atoms with van der Waals surface area (Å²) in [5.41, 5.74) is 8.20. The van der Waals surface area contributed by atoms with Crippen molar-refractivity contribution in [2.24, 2.45) is 11.7 Å². The van der Waals surface area contributed by atoms with Gasteiger partial charge in [0.2, 0.25) is 11.8 Å². The highest BCUT2D eigenvalue weighted by Crippen LogP contribution is 2.44. The Hall–Kier alpha value is -2.66. The van der Waals surface area contributed by atoms with Crippen LogP contribution in [0.25, 0.3) is 0 Å². The molecule has 0 bridgehead atoms. The van der Waals surface area contributed by atoms with E-state index in [9.17, 15) is 9.59 Å². The molecule has 0 aliphatic heterocycles. The zero-order valence-corrected chi connectivity index (χ0v) is 17.3. The van der Waals surface area contributed by atoms with Crippen molar-refractivity contribution in [2.45, 2.75) is 37.6 Å². The van der Waals surface area contributed by atoms with Gasteiger partial charge in [-0.25, -0.2) is 0 Å². The first-order valence-electron chi connectivity index (χ1n) is 10.3. The highest BCUT2D eigenvalue weighted by Gasteiger charge is 2.33. The molecule has 5 heteroatoms. The Morgan fingerprint density at radius 3 is 2.28 bits per heavy atom. The van der Waals surface area contributed by atoms with Gasteiger partial charge in [0.15, 0.2) is 0 Å². The minimum absolute atomic E-state index is 0.113. The third-order valence-electron chi connectivity index (χ3n) is 5.80. The summed E-state index contributed by atoms with van der Waals surface area (Å²) >= 11 is 0. The van der Waals surface area contributed by atoms with Gasteiger partial charge in [0.1, 0.15) is 0 Å². The molecule has 1 fully saturated rings. The van der Waals surface area contributed by atoms with Crippen molar-refractivity contribution in [3.63, 3.8) is 0 Å². The fourth-order valence-corrected chi connectivity index (χ4v) is 3.77. The second kappa shape index (κ2) is 9.70. The largest absolute Gasteiger partial charge is 0.366 e. The van der Waals surface area contributed by atoms with Crippen LogP contribution in [0, 0.1) is 5.92 Å². The molecule has 3 N–H and O–H groups in total. The molecule has 5 nitrogen and oxygen atoms in total. The van der Waals surface area contributed by atoms with Gasteiger partial charge in [-0.1, -0.05) is 42.5 Å². The number of nitrogens with two attached hydrogens (primary N) is 1. The fourth-order valence-electron chi connectivity index (χ4n) is 3.77. The second-order valence-corrected chi connectivity index (χ2v) is 8.25. The lowest BCUT2D eigenvalue weighted by atomic mass is 9.90. The number of nitrogens with zero attached hydrogens (tertiary/aromatic N) is 1. The number of carbonyl (C=O) groups is 2. The van der Waals surface area contributed by atoms with E-state index in [1.54, 1.807) is 12.1 Å². The number of nitrogens with one attached hydrogen (secondary N) is 1. The third-order valence-corrected chi connectivity index (χ3v) is 5.80. The number of carbonyl (C=O) groups excluding carboxylic acids is 2. The van der Waals surface area contributed by atoms with Crippen molar-refractivity contribution in [3.05, 3.63) is 71.3 Å². The highest BCUT2D eigenvalue weighted by atomic mass is 16.1. The van der Waals surface area contributed by atoms with Crippen molar-refractivity contribution in [1.82, 2.24) is 10.2 Å². The van der Waals surface area contributed by atoms with Gasteiger partial charge >= 0.3 is 0 Å². The molecule has 0 heterocycles. The maximum Gasteiger partial charge on any atom is 0.248 e.